The Labute approximate surface area is 298 Å². The molecule has 0 unspecified atom stereocenters. The highest BCUT2D eigenvalue weighted by Gasteiger charge is 2.55. The Morgan fingerprint density at radius 2 is 1.90 bits per heavy atom. The Kier molecular flexibility index (Phi) is 10.5. The van der Waals surface area contributed by atoms with Gasteiger partial charge >= 0.3 is 11.9 Å². The number of aliphatic carboxylic acids is 2. The molecule has 2 saturated heterocycles. The van der Waals surface area contributed by atoms with Gasteiger partial charge in [-0.25, -0.2) is 14.6 Å². The Hall–Kier alpha value is -4.59. The highest BCUT2D eigenvalue weighted by Crippen LogP contribution is 2.41. The van der Waals surface area contributed by atoms with Crippen LogP contribution >= 0.6 is 34.7 Å². The molecule has 3 aliphatic heterocycles. The van der Waals surface area contributed by atoms with E-state index in [1.807, 2.05) is 0 Å². The summed E-state index contributed by atoms with van der Waals surface area (Å²) in [5.41, 5.74) is 3.97. The molecule has 1 aromatic carbocycles. The highest BCUT2D eigenvalue weighted by atomic mass is 35.5. The Morgan fingerprint density at radius 1 is 1.20 bits per heavy atom. The van der Waals surface area contributed by atoms with Crippen LogP contribution in [-0.4, -0.2) is 126 Å². The van der Waals surface area contributed by atoms with E-state index < -0.39 is 63.9 Å². The molecule has 0 radical (unpaired) electrons. The number of hydrogen-bond donors (Lipinski definition) is 7. The maximum Gasteiger partial charge on any atom is 0.352 e. The van der Waals surface area contributed by atoms with E-state index in [1.165, 1.54) is 37.1 Å². The van der Waals surface area contributed by atoms with Crippen molar-refractivity contribution in [1.29, 1.82) is 0 Å². The molecule has 50 heavy (non-hydrogen) atoms. The highest BCUT2D eigenvalue weighted by molar-refractivity contribution is 8.00. The molecule has 0 spiro atoms. The van der Waals surface area contributed by atoms with Crippen LogP contribution in [0.1, 0.15) is 42.7 Å². The molecule has 0 bridgehead atoms. The number of nitrogens with one attached hydrogen (secondary N) is 2. The molecule has 17 nitrogen and oxygen atoms in total. The summed E-state index contributed by atoms with van der Waals surface area (Å²) in [6.45, 7) is 4.93. The summed E-state index contributed by atoms with van der Waals surface area (Å²) in [7, 11) is 0. The molecule has 20 heteroatoms. The molecule has 268 valence electrons. The average Bonchev–Trinajstić information content (AvgIpc) is 3.70. The van der Waals surface area contributed by atoms with E-state index >= 15 is 0 Å². The van der Waals surface area contributed by atoms with Crippen molar-refractivity contribution in [1.82, 2.24) is 20.5 Å². The van der Waals surface area contributed by atoms with Crippen LogP contribution in [0.2, 0.25) is 5.02 Å². The summed E-state index contributed by atoms with van der Waals surface area (Å²) in [6, 6.07) is 1.23. The van der Waals surface area contributed by atoms with Crippen molar-refractivity contribution in [3.8, 4) is 11.5 Å². The zero-order chi connectivity index (χ0) is 36.5. The number of phenolic OH excluding ortho intramolecular Hbond substituents is 2. The largest absolute Gasteiger partial charge is 0.504 e. The van der Waals surface area contributed by atoms with Gasteiger partial charge in [-0.3, -0.25) is 19.3 Å². The van der Waals surface area contributed by atoms with Crippen LogP contribution in [0.5, 0.6) is 11.5 Å². The Balaban J connectivity index is 1.29. The molecule has 4 heterocycles. The lowest BCUT2D eigenvalue weighted by atomic mass is 10.0. The number of halogens is 1. The molecule has 0 aliphatic carbocycles. The van der Waals surface area contributed by atoms with Gasteiger partial charge in [-0.15, -0.1) is 23.1 Å². The van der Waals surface area contributed by atoms with Gasteiger partial charge in [0.2, 0.25) is 5.60 Å². The van der Waals surface area contributed by atoms with Gasteiger partial charge in [0.1, 0.15) is 29.4 Å². The minimum Gasteiger partial charge on any atom is -0.504 e. The van der Waals surface area contributed by atoms with E-state index in [0.717, 1.165) is 48.2 Å². The lowest BCUT2D eigenvalue weighted by Gasteiger charge is -2.50. The first kappa shape index (κ1) is 36.7. The molecule has 2 aromatic rings. The minimum absolute atomic E-state index is 0.000326. The number of nitrogens with two attached hydrogens (primary N) is 1. The number of carbonyl (C=O) groups is 5. The number of oxime groups is 1. The number of amides is 3. The van der Waals surface area contributed by atoms with Crippen molar-refractivity contribution in [3.63, 3.8) is 0 Å². The van der Waals surface area contributed by atoms with E-state index in [9.17, 15) is 44.4 Å². The van der Waals surface area contributed by atoms with Gasteiger partial charge in [0.15, 0.2) is 22.3 Å². The maximum absolute atomic E-state index is 13.5. The van der Waals surface area contributed by atoms with Gasteiger partial charge in [-0.1, -0.05) is 16.8 Å². The molecule has 3 aliphatic rings. The summed E-state index contributed by atoms with van der Waals surface area (Å²) in [6.07, 6.45) is 1.78. The number of quaternary nitrogens is 1. The van der Waals surface area contributed by atoms with Gasteiger partial charge in [-0.05, 0) is 26.0 Å². The number of carboxylic acid groups (broad SMARTS) is 2. The molecule has 3 amide bonds. The molecule has 1 aromatic heterocycles. The van der Waals surface area contributed by atoms with Gasteiger partial charge in [0.05, 0.1) is 31.2 Å². The molecular formula is C30H35ClN7O10S2+. The number of hydrogen-bond acceptors (Lipinski definition) is 13. The average molecular weight is 753 g/mol. The van der Waals surface area contributed by atoms with E-state index in [-0.39, 0.29) is 39.4 Å². The van der Waals surface area contributed by atoms with Crippen LogP contribution in [-0.2, 0) is 24.0 Å². The Bertz CT molecular complexity index is 1780. The van der Waals surface area contributed by atoms with Crippen LogP contribution in [0, 0.1) is 0 Å². The van der Waals surface area contributed by atoms with Crippen LogP contribution < -0.4 is 16.4 Å². The molecule has 0 saturated carbocycles. The number of nitrogens with zero attached hydrogens (tertiary/aromatic N) is 4. The number of fused-ring (bicyclic) bond motifs is 1. The molecule has 8 N–H and O–H groups in total. The van der Waals surface area contributed by atoms with Crippen molar-refractivity contribution < 1.29 is 53.7 Å². The van der Waals surface area contributed by atoms with Crippen molar-refractivity contribution in [2.24, 2.45) is 5.16 Å². The molecule has 2 fully saturated rings. The zero-order valence-electron chi connectivity index (χ0n) is 26.8. The second-order valence-electron chi connectivity index (χ2n) is 12.5. The predicted octanol–water partition coefficient (Wildman–Crippen LogP) is 1.15. The topological polar surface area (TPSA) is 254 Å². The number of carbonyl (C=O) groups excluding carboxylic acids is 3. The summed E-state index contributed by atoms with van der Waals surface area (Å²) < 4.78 is 0.477. The maximum atomic E-state index is 13.5. The SMILES string of the molecule is CC(C)(O/N=C(\C(=O)N[C@@H]1C(=O)N2C(C(=O)O)=C(C[N+]3(CCNC(=O)c4cc(O)c(O)c(Cl)c4)CCCC3)CS[C@H]12)c1csc(N)n1)C(=O)O. The molecule has 5 rings (SSSR count). The number of aromatic nitrogens is 1. The predicted molar refractivity (Wildman–Crippen MR) is 182 cm³/mol. The molecular weight excluding hydrogens is 718 g/mol. The van der Waals surface area contributed by atoms with Gasteiger partial charge in [0.25, 0.3) is 17.7 Å². The number of carboxylic acids is 2. The van der Waals surface area contributed by atoms with Crippen molar-refractivity contribution >= 4 is 75.2 Å². The lowest BCUT2D eigenvalue weighted by Crippen LogP contribution is -2.71. The standard InChI is InChI=1S/C30H34ClN7O10S2/c1-30(2,28(46)47)48-36-19(17-13-50-29(32)34-17)24(42)35-20-25(43)37-21(27(44)45)15(12-49-26(20)37)11-38(6-3-4-7-38)8-5-33-23(41)14-9-16(31)22(40)18(39)10-14/h9-10,13,20,26H,3-8,11-12H2,1-2H3,(H7-,32,33,34,35,36,39,40,41,42,44,45,46,47)/p+1/t20-,26-/m1/s1. The van der Waals surface area contributed by atoms with Crippen molar-refractivity contribution in [2.45, 2.75) is 43.7 Å². The second-order valence-corrected chi connectivity index (χ2v) is 14.9. The number of thiazole rings is 1. The third-order valence-electron chi connectivity index (χ3n) is 8.61. The third kappa shape index (κ3) is 7.44. The van der Waals surface area contributed by atoms with E-state index in [1.54, 1.807) is 0 Å². The van der Waals surface area contributed by atoms with E-state index in [2.05, 4.69) is 20.8 Å². The number of aromatic hydroxyl groups is 2. The number of thioether (sulfide) groups is 1. The van der Waals surface area contributed by atoms with Crippen LogP contribution in [0.15, 0.2) is 33.9 Å². The first-order valence-electron chi connectivity index (χ1n) is 15.3. The first-order chi connectivity index (χ1) is 23.5. The number of β-lactam (4-membered cyclic amide) rings is 1. The number of rotatable bonds is 13. The number of phenols is 2. The fourth-order valence-electron chi connectivity index (χ4n) is 5.91. The quantitative estimate of drug-likeness (QED) is 0.0499. The zero-order valence-corrected chi connectivity index (χ0v) is 29.2. The van der Waals surface area contributed by atoms with E-state index in [4.69, 9.17) is 22.2 Å². The van der Waals surface area contributed by atoms with E-state index in [0.29, 0.717) is 23.1 Å². The van der Waals surface area contributed by atoms with Gasteiger partial charge < -0.3 is 46.1 Å². The van der Waals surface area contributed by atoms with Gasteiger partial charge in [-0.2, -0.15) is 0 Å². The monoisotopic (exact) mass is 752 g/mol. The fourth-order valence-corrected chi connectivity index (χ4v) is 8.01. The summed E-state index contributed by atoms with van der Waals surface area (Å²) in [5.74, 6) is -5.47. The fraction of sp³-hybridized carbons (Fsp3) is 0.433. The summed E-state index contributed by atoms with van der Waals surface area (Å²) in [5, 5.41) is 48.9. The van der Waals surface area contributed by atoms with Crippen LogP contribution in [0.25, 0.3) is 0 Å². The van der Waals surface area contributed by atoms with Crippen molar-refractivity contribution in [2.75, 3.05) is 44.2 Å². The number of nitrogen functional groups attached to an aromatic ring is 1. The number of anilines is 1. The second kappa shape index (κ2) is 14.3. The Morgan fingerprint density at radius 3 is 2.50 bits per heavy atom. The smallest absolute Gasteiger partial charge is 0.352 e. The van der Waals surface area contributed by atoms with Crippen molar-refractivity contribution in [3.05, 3.63) is 45.1 Å². The summed E-state index contributed by atoms with van der Waals surface area (Å²) in [4.78, 5) is 74.0. The van der Waals surface area contributed by atoms with Crippen LogP contribution in [0.3, 0.4) is 0 Å². The summed E-state index contributed by atoms with van der Waals surface area (Å²) >= 11 is 8.19. The minimum atomic E-state index is -1.79. The number of likely N-dealkylation sites (tertiary alicyclic amines) is 1. The third-order valence-corrected chi connectivity index (χ3v) is 10.9. The molecule has 2 atom stereocenters. The normalized spacial score (nSPS) is 20.2. The first-order valence-corrected chi connectivity index (χ1v) is 17.6. The van der Waals surface area contributed by atoms with Crippen LogP contribution in [0.4, 0.5) is 5.13 Å². The lowest BCUT2D eigenvalue weighted by molar-refractivity contribution is -0.911. The number of benzene rings is 1. The van der Waals surface area contributed by atoms with Gasteiger partial charge in [0, 0.05) is 35.1 Å².